The summed E-state index contributed by atoms with van der Waals surface area (Å²) >= 11 is 0. The van der Waals surface area contributed by atoms with Crippen LogP contribution in [-0.2, 0) is 0 Å². The van der Waals surface area contributed by atoms with Crippen molar-refractivity contribution in [1.82, 2.24) is 4.57 Å². The summed E-state index contributed by atoms with van der Waals surface area (Å²) in [4.78, 5) is 12.4. The Bertz CT molecular complexity index is 691. The van der Waals surface area contributed by atoms with Crippen LogP contribution in [0, 0.1) is 13.8 Å². The topological polar surface area (TPSA) is 43.3 Å². The third kappa shape index (κ3) is 3.88. The number of amides is 1. The van der Waals surface area contributed by atoms with E-state index in [1.807, 2.05) is 19.9 Å². The van der Waals surface area contributed by atoms with Crippen LogP contribution in [0.5, 0.6) is 5.75 Å². The second-order valence-electron chi connectivity index (χ2n) is 5.61. The summed E-state index contributed by atoms with van der Waals surface area (Å²) in [7, 11) is 0. The highest BCUT2D eigenvalue weighted by atomic mass is 19.3. The highest BCUT2D eigenvalue weighted by Crippen LogP contribution is 2.22. The molecule has 23 heavy (non-hydrogen) atoms. The van der Waals surface area contributed by atoms with Gasteiger partial charge in [0.05, 0.1) is 5.56 Å². The van der Waals surface area contributed by atoms with Crippen molar-refractivity contribution in [2.24, 2.45) is 0 Å². The maximum atomic E-state index is 12.4. The van der Waals surface area contributed by atoms with Crippen molar-refractivity contribution in [3.8, 4) is 5.75 Å². The number of hydrogen-bond acceptors (Lipinski definition) is 2. The zero-order valence-corrected chi connectivity index (χ0v) is 13.6. The molecule has 0 aliphatic rings. The molecular formula is C17H20F2N2O2. The molecule has 1 N–H and O–H groups in total. The zero-order chi connectivity index (χ0) is 17.1. The van der Waals surface area contributed by atoms with Crippen LogP contribution >= 0.6 is 0 Å². The zero-order valence-electron chi connectivity index (χ0n) is 13.6. The van der Waals surface area contributed by atoms with Gasteiger partial charge in [-0.1, -0.05) is 0 Å². The average Bonchev–Trinajstić information content (AvgIpc) is 2.75. The van der Waals surface area contributed by atoms with Crippen LogP contribution in [0.3, 0.4) is 0 Å². The summed E-state index contributed by atoms with van der Waals surface area (Å²) in [6.07, 6.45) is 0. The molecule has 0 spiro atoms. The molecule has 1 aromatic heterocycles. The number of ether oxygens (including phenoxy) is 1. The molecule has 1 aromatic carbocycles. The van der Waals surface area contributed by atoms with Crippen molar-refractivity contribution in [3.63, 3.8) is 0 Å². The van der Waals surface area contributed by atoms with Crippen LogP contribution in [0.4, 0.5) is 14.5 Å². The van der Waals surface area contributed by atoms with E-state index < -0.39 is 6.61 Å². The van der Waals surface area contributed by atoms with Gasteiger partial charge in [0.1, 0.15) is 5.75 Å². The number of nitrogens with zero attached hydrogens (tertiary/aromatic N) is 1. The first-order valence-corrected chi connectivity index (χ1v) is 7.34. The average molecular weight is 322 g/mol. The standard InChI is InChI=1S/C17H20F2N2O2/c1-10(2)21-11(3)9-15(12(21)4)16(22)20-13-5-7-14(8-6-13)23-17(18)19/h5-10,17H,1-4H3,(H,20,22). The molecule has 2 aromatic rings. The van der Waals surface area contributed by atoms with Crippen LogP contribution in [-0.4, -0.2) is 17.1 Å². The molecular weight excluding hydrogens is 302 g/mol. The monoisotopic (exact) mass is 322 g/mol. The Morgan fingerprint density at radius 2 is 1.78 bits per heavy atom. The van der Waals surface area contributed by atoms with Crippen molar-refractivity contribution in [1.29, 1.82) is 0 Å². The fraction of sp³-hybridized carbons (Fsp3) is 0.353. The van der Waals surface area contributed by atoms with E-state index in [1.165, 1.54) is 24.3 Å². The van der Waals surface area contributed by atoms with Crippen LogP contribution in [0.1, 0.15) is 41.6 Å². The summed E-state index contributed by atoms with van der Waals surface area (Å²) in [6, 6.07) is 7.94. The number of halogens is 2. The third-order valence-electron chi connectivity index (χ3n) is 3.58. The van der Waals surface area contributed by atoms with Crippen LogP contribution in [0.2, 0.25) is 0 Å². The van der Waals surface area contributed by atoms with Crippen molar-refractivity contribution in [2.75, 3.05) is 5.32 Å². The van der Waals surface area contributed by atoms with Gasteiger partial charge >= 0.3 is 6.61 Å². The predicted octanol–water partition coefficient (Wildman–Crippen LogP) is 4.54. The highest BCUT2D eigenvalue weighted by Gasteiger charge is 2.17. The molecule has 0 atom stereocenters. The van der Waals surface area contributed by atoms with Crippen molar-refractivity contribution >= 4 is 11.6 Å². The number of carbonyl (C=O) groups excluding carboxylic acids is 1. The Balaban J connectivity index is 2.15. The van der Waals surface area contributed by atoms with E-state index in [4.69, 9.17) is 0 Å². The van der Waals surface area contributed by atoms with Gasteiger partial charge in [0.2, 0.25) is 0 Å². The van der Waals surface area contributed by atoms with Gasteiger partial charge in [0, 0.05) is 23.1 Å². The quantitative estimate of drug-likeness (QED) is 0.878. The fourth-order valence-corrected chi connectivity index (χ4v) is 2.72. The number of alkyl halides is 2. The maximum Gasteiger partial charge on any atom is 0.387 e. The molecule has 4 nitrogen and oxygen atoms in total. The smallest absolute Gasteiger partial charge is 0.387 e. The van der Waals surface area contributed by atoms with E-state index in [0.29, 0.717) is 11.3 Å². The van der Waals surface area contributed by atoms with Crippen LogP contribution in [0.15, 0.2) is 30.3 Å². The van der Waals surface area contributed by atoms with Gasteiger partial charge in [0.25, 0.3) is 5.91 Å². The minimum Gasteiger partial charge on any atom is -0.435 e. The van der Waals surface area contributed by atoms with Gasteiger partial charge < -0.3 is 14.6 Å². The molecule has 0 radical (unpaired) electrons. The normalized spacial score (nSPS) is 11.1. The number of nitrogens with one attached hydrogen (secondary N) is 1. The Kier molecular flexibility index (Phi) is 5.03. The molecule has 0 fully saturated rings. The molecule has 0 aliphatic heterocycles. The summed E-state index contributed by atoms with van der Waals surface area (Å²) in [6.45, 7) is 5.12. The van der Waals surface area contributed by atoms with E-state index in [0.717, 1.165) is 11.4 Å². The lowest BCUT2D eigenvalue weighted by Crippen LogP contribution is -2.14. The number of rotatable bonds is 5. The summed E-state index contributed by atoms with van der Waals surface area (Å²) in [5.41, 5.74) is 3.03. The first-order chi connectivity index (χ1) is 10.8. The lowest BCUT2D eigenvalue weighted by atomic mass is 10.2. The molecule has 1 amide bonds. The van der Waals surface area contributed by atoms with Gasteiger partial charge in [-0.05, 0) is 58.0 Å². The molecule has 0 saturated carbocycles. The van der Waals surface area contributed by atoms with Crippen LogP contribution < -0.4 is 10.1 Å². The summed E-state index contributed by atoms with van der Waals surface area (Å²) in [5.74, 6) is -0.177. The van der Waals surface area contributed by atoms with Crippen molar-refractivity contribution in [3.05, 3.63) is 47.3 Å². The number of benzene rings is 1. The largest absolute Gasteiger partial charge is 0.435 e. The Hall–Kier alpha value is -2.37. The lowest BCUT2D eigenvalue weighted by Gasteiger charge is -2.13. The lowest BCUT2D eigenvalue weighted by molar-refractivity contribution is -0.0498. The van der Waals surface area contributed by atoms with Crippen molar-refractivity contribution in [2.45, 2.75) is 40.3 Å². The summed E-state index contributed by atoms with van der Waals surface area (Å²) in [5, 5.41) is 2.76. The predicted molar refractivity (Wildman–Crippen MR) is 85.3 cm³/mol. The van der Waals surface area contributed by atoms with Crippen LogP contribution in [0.25, 0.3) is 0 Å². The second-order valence-corrected chi connectivity index (χ2v) is 5.61. The minimum absolute atomic E-state index is 0.0518. The molecule has 0 saturated heterocycles. The van der Waals surface area contributed by atoms with Gasteiger partial charge in [-0.2, -0.15) is 8.78 Å². The number of anilines is 1. The molecule has 0 bridgehead atoms. The minimum atomic E-state index is -2.86. The van der Waals surface area contributed by atoms with Gasteiger partial charge in [-0.25, -0.2) is 0 Å². The molecule has 0 aliphatic carbocycles. The van der Waals surface area contributed by atoms with E-state index in [2.05, 4.69) is 28.5 Å². The molecule has 2 rings (SSSR count). The van der Waals surface area contributed by atoms with Gasteiger partial charge in [0.15, 0.2) is 0 Å². The first-order valence-electron chi connectivity index (χ1n) is 7.34. The number of aryl methyl sites for hydroxylation is 1. The number of aromatic nitrogens is 1. The molecule has 0 unspecified atom stereocenters. The Morgan fingerprint density at radius 3 is 2.26 bits per heavy atom. The third-order valence-corrected chi connectivity index (χ3v) is 3.58. The van der Waals surface area contributed by atoms with E-state index in [9.17, 15) is 13.6 Å². The fourth-order valence-electron chi connectivity index (χ4n) is 2.72. The second kappa shape index (κ2) is 6.81. The summed E-state index contributed by atoms with van der Waals surface area (Å²) < 4.78 is 30.6. The Labute approximate surface area is 134 Å². The van der Waals surface area contributed by atoms with Crippen molar-refractivity contribution < 1.29 is 18.3 Å². The number of hydrogen-bond donors (Lipinski definition) is 1. The van der Waals surface area contributed by atoms with E-state index in [1.54, 1.807) is 0 Å². The van der Waals surface area contributed by atoms with Gasteiger partial charge in [-0.15, -0.1) is 0 Å². The Morgan fingerprint density at radius 1 is 1.17 bits per heavy atom. The highest BCUT2D eigenvalue weighted by molar-refractivity contribution is 6.05. The molecule has 124 valence electrons. The number of carbonyl (C=O) groups is 1. The molecule has 6 heteroatoms. The van der Waals surface area contributed by atoms with Gasteiger partial charge in [-0.3, -0.25) is 4.79 Å². The van der Waals surface area contributed by atoms with E-state index >= 15 is 0 Å². The maximum absolute atomic E-state index is 12.4. The van der Waals surface area contributed by atoms with E-state index in [-0.39, 0.29) is 17.7 Å². The molecule has 1 heterocycles. The SMILES string of the molecule is Cc1cc(C(=O)Nc2ccc(OC(F)F)cc2)c(C)n1C(C)C. The first kappa shape index (κ1) is 17.0.